The Hall–Kier alpha value is -2.31. The number of tetrazole rings is 1. The Balaban J connectivity index is 2.43. The molecule has 0 bridgehead atoms. The van der Waals surface area contributed by atoms with Gasteiger partial charge in [0.05, 0.1) is 12.5 Å². The molecule has 7 heteroatoms. The molecule has 0 saturated carbocycles. The average molecular weight is 275 g/mol. The highest BCUT2D eigenvalue weighted by molar-refractivity contribution is 5.67. The number of aryl methyl sites for hydroxylation is 1. The van der Waals surface area contributed by atoms with Gasteiger partial charge in [0.1, 0.15) is 5.69 Å². The number of hydrogen-bond acceptors (Lipinski definition) is 5. The van der Waals surface area contributed by atoms with Gasteiger partial charge in [-0.25, -0.2) is 9.67 Å². The van der Waals surface area contributed by atoms with Gasteiger partial charge >= 0.3 is 5.97 Å². The molecular weight excluding hydrogens is 258 g/mol. The van der Waals surface area contributed by atoms with Gasteiger partial charge in [-0.1, -0.05) is 19.9 Å². The minimum absolute atomic E-state index is 0.0263. The van der Waals surface area contributed by atoms with Crippen LogP contribution in [0, 0.1) is 12.8 Å². The SMILES string of the molecule is Cc1cccc(-c2nnnn2C(CC(=O)O)C(C)C)n1. The number of rotatable bonds is 5. The molecule has 2 aromatic heterocycles. The van der Waals surface area contributed by atoms with Crippen LogP contribution in [-0.4, -0.2) is 36.3 Å². The maximum atomic E-state index is 11.0. The van der Waals surface area contributed by atoms with Crippen molar-refractivity contribution in [1.82, 2.24) is 25.2 Å². The summed E-state index contributed by atoms with van der Waals surface area (Å²) in [4.78, 5) is 15.4. The molecule has 106 valence electrons. The Morgan fingerprint density at radius 1 is 1.40 bits per heavy atom. The molecule has 2 heterocycles. The predicted octanol–water partition coefficient (Wildman–Crippen LogP) is 1.72. The molecule has 0 amide bonds. The Kier molecular flexibility index (Phi) is 4.07. The van der Waals surface area contributed by atoms with Crippen molar-refractivity contribution in [2.75, 3.05) is 0 Å². The van der Waals surface area contributed by atoms with Crippen LogP contribution >= 0.6 is 0 Å². The third kappa shape index (κ3) is 2.98. The fourth-order valence-electron chi connectivity index (χ4n) is 2.04. The zero-order valence-electron chi connectivity index (χ0n) is 11.7. The van der Waals surface area contributed by atoms with Gasteiger partial charge in [-0.05, 0) is 35.4 Å². The third-order valence-electron chi connectivity index (χ3n) is 3.08. The van der Waals surface area contributed by atoms with E-state index in [0.717, 1.165) is 5.69 Å². The number of carboxylic acid groups (broad SMARTS) is 1. The Bertz CT molecular complexity index is 608. The molecule has 0 aliphatic heterocycles. The quantitative estimate of drug-likeness (QED) is 0.892. The highest BCUT2D eigenvalue weighted by Gasteiger charge is 2.24. The van der Waals surface area contributed by atoms with Crippen LogP contribution in [0.25, 0.3) is 11.5 Å². The van der Waals surface area contributed by atoms with E-state index in [4.69, 9.17) is 5.11 Å². The summed E-state index contributed by atoms with van der Waals surface area (Å²) in [5, 5.41) is 20.6. The second-order valence-electron chi connectivity index (χ2n) is 5.02. The second-order valence-corrected chi connectivity index (χ2v) is 5.02. The number of carboxylic acids is 1. The zero-order chi connectivity index (χ0) is 14.7. The van der Waals surface area contributed by atoms with Gasteiger partial charge in [0, 0.05) is 5.69 Å². The number of aliphatic carboxylic acids is 1. The van der Waals surface area contributed by atoms with Gasteiger partial charge in [0.15, 0.2) is 0 Å². The summed E-state index contributed by atoms with van der Waals surface area (Å²) in [7, 11) is 0. The molecule has 0 fully saturated rings. The molecule has 0 aliphatic carbocycles. The summed E-state index contributed by atoms with van der Waals surface area (Å²) < 4.78 is 1.56. The molecule has 7 nitrogen and oxygen atoms in total. The van der Waals surface area contributed by atoms with Crippen LogP contribution in [0.1, 0.15) is 32.0 Å². The van der Waals surface area contributed by atoms with Crippen LogP contribution in [0.5, 0.6) is 0 Å². The zero-order valence-corrected chi connectivity index (χ0v) is 11.7. The lowest BCUT2D eigenvalue weighted by Gasteiger charge is -2.19. The van der Waals surface area contributed by atoms with E-state index in [-0.39, 0.29) is 18.4 Å². The van der Waals surface area contributed by atoms with Crippen LogP contribution in [-0.2, 0) is 4.79 Å². The maximum absolute atomic E-state index is 11.0. The first-order valence-electron chi connectivity index (χ1n) is 6.42. The van der Waals surface area contributed by atoms with E-state index in [9.17, 15) is 4.79 Å². The standard InChI is InChI=1S/C13H17N5O2/c1-8(2)11(7-12(19)20)18-13(15-16-17-18)10-6-4-5-9(3)14-10/h4-6,8,11H,7H2,1-3H3,(H,19,20). The minimum Gasteiger partial charge on any atom is -0.481 e. The molecular formula is C13H17N5O2. The summed E-state index contributed by atoms with van der Waals surface area (Å²) in [6, 6.07) is 5.26. The molecule has 1 atom stereocenters. The molecule has 2 rings (SSSR count). The van der Waals surface area contributed by atoms with Crippen molar-refractivity contribution < 1.29 is 9.90 Å². The van der Waals surface area contributed by atoms with Crippen molar-refractivity contribution in [2.24, 2.45) is 5.92 Å². The van der Waals surface area contributed by atoms with Crippen LogP contribution in [0.4, 0.5) is 0 Å². The number of nitrogens with zero attached hydrogens (tertiary/aromatic N) is 5. The number of carbonyl (C=O) groups is 1. The van der Waals surface area contributed by atoms with Gasteiger partial charge in [-0.2, -0.15) is 0 Å². The third-order valence-corrected chi connectivity index (χ3v) is 3.08. The normalized spacial score (nSPS) is 12.6. The molecule has 0 spiro atoms. The van der Waals surface area contributed by atoms with Crippen molar-refractivity contribution in [1.29, 1.82) is 0 Å². The lowest BCUT2D eigenvalue weighted by Crippen LogP contribution is -2.21. The summed E-state index contributed by atoms with van der Waals surface area (Å²) in [6.07, 6.45) is -0.0263. The van der Waals surface area contributed by atoms with E-state index in [1.54, 1.807) is 4.68 Å². The number of pyridine rings is 1. The highest BCUT2D eigenvalue weighted by atomic mass is 16.4. The van der Waals surface area contributed by atoms with E-state index >= 15 is 0 Å². The lowest BCUT2D eigenvalue weighted by molar-refractivity contribution is -0.138. The van der Waals surface area contributed by atoms with Crippen LogP contribution < -0.4 is 0 Å². The van der Waals surface area contributed by atoms with Gasteiger partial charge in [-0.3, -0.25) is 4.79 Å². The number of hydrogen-bond donors (Lipinski definition) is 1. The Morgan fingerprint density at radius 3 is 2.75 bits per heavy atom. The fourth-order valence-corrected chi connectivity index (χ4v) is 2.04. The highest BCUT2D eigenvalue weighted by Crippen LogP contribution is 2.25. The maximum Gasteiger partial charge on any atom is 0.305 e. The van der Waals surface area contributed by atoms with E-state index in [0.29, 0.717) is 11.5 Å². The van der Waals surface area contributed by atoms with Crippen molar-refractivity contribution in [2.45, 2.75) is 33.2 Å². The molecule has 0 radical (unpaired) electrons. The van der Waals surface area contributed by atoms with Gasteiger partial charge in [0.2, 0.25) is 5.82 Å². The minimum atomic E-state index is -0.873. The lowest BCUT2D eigenvalue weighted by atomic mass is 10.0. The van der Waals surface area contributed by atoms with Crippen molar-refractivity contribution in [3.8, 4) is 11.5 Å². The van der Waals surface area contributed by atoms with E-state index in [1.165, 1.54) is 0 Å². The van der Waals surface area contributed by atoms with Crippen LogP contribution in [0.3, 0.4) is 0 Å². The summed E-state index contributed by atoms with van der Waals surface area (Å²) >= 11 is 0. The molecule has 0 aliphatic rings. The monoisotopic (exact) mass is 275 g/mol. The molecule has 0 aromatic carbocycles. The summed E-state index contributed by atoms with van der Waals surface area (Å²) in [6.45, 7) is 5.78. The van der Waals surface area contributed by atoms with Crippen LogP contribution in [0.2, 0.25) is 0 Å². The first-order valence-corrected chi connectivity index (χ1v) is 6.42. The molecule has 1 N–H and O–H groups in total. The van der Waals surface area contributed by atoms with Crippen molar-refractivity contribution in [3.05, 3.63) is 23.9 Å². The first-order chi connectivity index (χ1) is 9.49. The van der Waals surface area contributed by atoms with Crippen molar-refractivity contribution in [3.63, 3.8) is 0 Å². The topological polar surface area (TPSA) is 93.8 Å². The van der Waals surface area contributed by atoms with Gasteiger partial charge in [0.25, 0.3) is 0 Å². The molecule has 1 unspecified atom stereocenters. The predicted molar refractivity (Wildman–Crippen MR) is 71.9 cm³/mol. The van der Waals surface area contributed by atoms with Crippen molar-refractivity contribution >= 4 is 5.97 Å². The average Bonchev–Trinajstić information content (AvgIpc) is 2.84. The largest absolute Gasteiger partial charge is 0.481 e. The van der Waals surface area contributed by atoms with Crippen LogP contribution in [0.15, 0.2) is 18.2 Å². The fraction of sp³-hybridized carbons (Fsp3) is 0.462. The summed E-state index contributed by atoms with van der Waals surface area (Å²) in [5.74, 6) is -0.283. The van der Waals surface area contributed by atoms with E-state index < -0.39 is 5.97 Å². The van der Waals surface area contributed by atoms with Gasteiger partial charge < -0.3 is 5.11 Å². The smallest absolute Gasteiger partial charge is 0.305 e. The molecule has 0 saturated heterocycles. The first kappa shape index (κ1) is 14.1. The Morgan fingerprint density at radius 2 is 2.15 bits per heavy atom. The molecule has 2 aromatic rings. The van der Waals surface area contributed by atoms with E-state index in [2.05, 4.69) is 20.5 Å². The molecule has 20 heavy (non-hydrogen) atoms. The Labute approximate surface area is 116 Å². The second kappa shape index (κ2) is 5.77. The summed E-state index contributed by atoms with van der Waals surface area (Å²) in [5.41, 5.74) is 1.50. The number of aromatic nitrogens is 5. The van der Waals surface area contributed by atoms with E-state index in [1.807, 2.05) is 39.0 Å². The van der Waals surface area contributed by atoms with Gasteiger partial charge in [-0.15, -0.1) is 5.10 Å².